The van der Waals surface area contributed by atoms with Crippen molar-refractivity contribution >= 4 is 30.2 Å². The van der Waals surface area contributed by atoms with Crippen LogP contribution in [0.3, 0.4) is 0 Å². The van der Waals surface area contributed by atoms with Gasteiger partial charge in [0.2, 0.25) is 0 Å². The largest absolute Gasteiger partial charge is 0.459 e. The first-order valence-electron chi connectivity index (χ1n) is 7.82. The first kappa shape index (κ1) is 13.1. The maximum atomic E-state index is 9.48. The molecule has 0 amide bonds. The van der Waals surface area contributed by atoms with Gasteiger partial charge in [0.1, 0.15) is 0 Å². The predicted molar refractivity (Wildman–Crippen MR) is 92.9 cm³/mol. The average molecular weight is 299 g/mol. The molecule has 1 aliphatic heterocycles. The summed E-state index contributed by atoms with van der Waals surface area (Å²) in [5.41, 5.74) is 6.79. The van der Waals surface area contributed by atoms with Gasteiger partial charge in [-0.2, -0.15) is 0 Å². The van der Waals surface area contributed by atoms with Gasteiger partial charge < -0.3 is 10.0 Å². The molecule has 1 heterocycles. The van der Waals surface area contributed by atoms with Crippen LogP contribution in [0.1, 0.15) is 12.0 Å². The van der Waals surface area contributed by atoms with Gasteiger partial charge in [0.05, 0.1) is 11.4 Å². The van der Waals surface area contributed by atoms with E-state index in [4.69, 9.17) is 4.99 Å². The van der Waals surface area contributed by atoms with Crippen molar-refractivity contribution in [3.05, 3.63) is 64.6 Å². The highest BCUT2D eigenvalue weighted by Crippen LogP contribution is 2.33. The minimum atomic E-state index is -1.33. The molecule has 0 bridgehead atoms. The molecule has 0 fully saturated rings. The zero-order valence-electron chi connectivity index (χ0n) is 12.4. The minimum absolute atomic E-state index is 0.262. The summed E-state index contributed by atoms with van der Waals surface area (Å²) in [7, 11) is -1.33. The quantitative estimate of drug-likeness (QED) is 0.670. The summed E-state index contributed by atoms with van der Waals surface area (Å²) in [5, 5.41) is 21.3. The Morgan fingerprint density at radius 3 is 2.83 bits per heavy atom. The van der Waals surface area contributed by atoms with E-state index < -0.39 is 7.12 Å². The third-order valence-electron chi connectivity index (χ3n) is 4.93. The molecule has 0 spiro atoms. The van der Waals surface area contributed by atoms with Crippen molar-refractivity contribution in [2.24, 2.45) is 4.99 Å². The lowest BCUT2D eigenvalue weighted by atomic mass is 9.67. The third kappa shape index (κ3) is 1.82. The van der Waals surface area contributed by atoms with E-state index in [0.29, 0.717) is 6.42 Å². The standard InChI is InChI=1S/C19H14BNO2/c22-20(23)13-5-6-18-16(9-13)17-10-15-12(8-19(17)21-18)7-11-3-1-2-4-14(11)15/h1-8,10,13,22-23H,9H2. The Hall–Kier alpha value is -2.43. The number of aliphatic imine (C=N–C) groups is 1. The van der Waals surface area contributed by atoms with Crippen LogP contribution in [0.5, 0.6) is 0 Å². The number of fused-ring (bicyclic) bond motifs is 5. The molecule has 0 saturated heterocycles. The van der Waals surface area contributed by atoms with Gasteiger partial charge in [-0.3, -0.25) is 0 Å². The third-order valence-corrected chi connectivity index (χ3v) is 4.93. The molecular weight excluding hydrogens is 285 g/mol. The summed E-state index contributed by atoms with van der Waals surface area (Å²) in [6.45, 7) is 0. The SMILES string of the molecule is OB(O)C1C=CC2=Nc3cc4c(cc3=C2C1)-c1ccccc1C=4. The van der Waals surface area contributed by atoms with E-state index >= 15 is 0 Å². The molecule has 110 valence electrons. The Balaban J connectivity index is 1.74. The molecule has 2 aliphatic carbocycles. The molecule has 5 rings (SSSR count). The van der Waals surface area contributed by atoms with E-state index in [2.05, 4.69) is 42.5 Å². The van der Waals surface area contributed by atoms with Crippen LogP contribution in [-0.4, -0.2) is 22.9 Å². The second kappa shape index (κ2) is 4.54. The van der Waals surface area contributed by atoms with Gasteiger partial charge >= 0.3 is 7.12 Å². The Bertz CT molecular complexity index is 1030. The van der Waals surface area contributed by atoms with Crippen LogP contribution < -0.4 is 10.4 Å². The molecule has 2 aromatic rings. The molecule has 1 unspecified atom stereocenters. The summed E-state index contributed by atoms with van der Waals surface area (Å²) in [4.78, 5) is 4.72. The summed E-state index contributed by atoms with van der Waals surface area (Å²) in [5.74, 6) is -0.262. The minimum Gasteiger partial charge on any atom is -0.427 e. The summed E-state index contributed by atoms with van der Waals surface area (Å²) in [6, 6.07) is 12.7. The van der Waals surface area contributed by atoms with Gasteiger partial charge in [-0.15, -0.1) is 0 Å². The molecule has 1 atom stereocenters. The fourth-order valence-corrected chi connectivity index (χ4v) is 3.74. The molecule has 3 nitrogen and oxygen atoms in total. The molecule has 2 N–H and O–H groups in total. The highest BCUT2D eigenvalue weighted by molar-refractivity contribution is 6.45. The van der Waals surface area contributed by atoms with Crippen molar-refractivity contribution in [2.75, 3.05) is 0 Å². The molecular formula is C19H14BNO2. The fraction of sp³-hybridized carbons (Fsp3) is 0.105. The monoisotopic (exact) mass is 299 g/mol. The van der Waals surface area contributed by atoms with Crippen LogP contribution in [0.15, 0.2) is 53.5 Å². The van der Waals surface area contributed by atoms with Crippen LogP contribution in [0, 0.1) is 0 Å². The summed E-state index contributed by atoms with van der Waals surface area (Å²) < 4.78 is 0. The highest BCUT2D eigenvalue weighted by Gasteiger charge is 2.29. The van der Waals surface area contributed by atoms with Crippen LogP contribution >= 0.6 is 0 Å². The van der Waals surface area contributed by atoms with E-state index in [-0.39, 0.29) is 5.82 Å². The predicted octanol–water partition coefficient (Wildman–Crippen LogP) is 1.54. The maximum Gasteiger partial charge on any atom is 0.459 e. The Labute approximate surface area is 133 Å². The average Bonchev–Trinajstić information content (AvgIpc) is 3.09. The molecule has 4 heteroatoms. The van der Waals surface area contributed by atoms with Crippen molar-refractivity contribution in [1.82, 2.24) is 0 Å². The van der Waals surface area contributed by atoms with Gasteiger partial charge in [-0.05, 0) is 58.2 Å². The number of hydrogen-bond acceptors (Lipinski definition) is 3. The lowest BCUT2D eigenvalue weighted by Crippen LogP contribution is -2.24. The van der Waals surface area contributed by atoms with Gasteiger partial charge in [0.15, 0.2) is 0 Å². The zero-order chi connectivity index (χ0) is 15.6. The topological polar surface area (TPSA) is 52.8 Å². The first-order chi connectivity index (χ1) is 11.2. The molecule has 23 heavy (non-hydrogen) atoms. The van der Waals surface area contributed by atoms with E-state index in [9.17, 15) is 10.0 Å². The second-order valence-corrected chi connectivity index (χ2v) is 6.30. The number of nitrogens with zero attached hydrogens (tertiary/aromatic N) is 1. The van der Waals surface area contributed by atoms with Gasteiger partial charge in [-0.25, -0.2) is 4.99 Å². The lowest BCUT2D eigenvalue weighted by Gasteiger charge is -2.17. The summed E-state index contributed by atoms with van der Waals surface area (Å²) in [6.07, 6.45) is 6.57. The molecule has 0 aromatic heterocycles. The Morgan fingerprint density at radius 1 is 1.09 bits per heavy atom. The van der Waals surface area contributed by atoms with Crippen molar-refractivity contribution < 1.29 is 10.0 Å². The number of allylic oxidation sites excluding steroid dienone is 2. The Kier molecular flexibility index (Phi) is 2.58. The number of hydrogen-bond donors (Lipinski definition) is 2. The van der Waals surface area contributed by atoms with Crippen LogP contribution in [0.25, 0.3) is 22.8 Å². The molecule has 0 radical (unpaired) electrons. The molecule has 0 saturated carbocycles. The maximum absolute atomic E-state index is 9.48. The zero-order valence-corrected chi connectivity index (χ0v) is 12.4. The normalized spacial score (nSPS) is 19.5. The molecule has 3 aliphatic rings. The van der Waals surface area contributed by atoms with E-state index in [1.54, 1.807) is 0 Å². The lowest BCUT2D eigenvalue weighted by molar-refractivity contribution is 0.395. The smallest absolute Gasteiger partial charge is 0.427 e. The Morgan fingerprint density at radius 2 is 1.96 bits per heavy atom. The first-order valence-corrected chi connectivity index (χ1v) is 7.82. The molecule has 2 aromatic carbocycles. The highest BCUT2D eigenvalue weighted by atomic mass is 16.4. The number of benzene rings is 2. The second-order valence-electron chi connectivity index (χ2n) is 6.30. The van der Waals surface area contributed by atoms with E-state index in [1.807, 2.05) is 12.2 Å². The van der Waals surface area contributed by atoms with Gasteiger partial charge in [0.25, 0.3) is 0 Å². The van der Waals surface area contributed by atoms with Crippen molar-refractivity contribution in [1.29, 1.82) is 0 Å². The van der Waals surface area contributed by atoms with Crippen molar-refractivity contribution in [3.63, 3.8) is 0 Å². The van der Waals surface area contributed by atoms with Crippen LogP contribution in [-0.2, 0) is 0 Å². The van der Waals surface area contributed by atoms with Crippen LogP contribution in [0.2, 0.25) is 5.82 Å². The van der Waals surface area contributed by atoms with E-state index in [1.165, 1.54) is 21.9 Å². The number of rotatable bonds is 1. The fourth-order valence-electron chi connectivity index (χ4n) is 3.74. The van der Waals surface area contributed by atoms with Crippen molar-refractivity contribution in [3.8, 4) is 11.1 Å². The van der Waals surface area contributed by atoms with Crippen LogP contribution in [0.4, 0.5) is 5.69 Å². The van der Waals surface area contributed by atoms with Gasteiger partial charge in [0, 0.05) is 11.0 Å². The van der Waals surface area contributed by atoms with Crippen molar-refractivity contribution in [2.45, 2.75) is 12.2 Å². The van der Waals surface area contributed by atoms with E-state index in [0.717, 1.165) is 22.2 Å². The summed E-state index contributed by atoms with van der Waals surface area (Å²) >= 11 is 0. The van der Waals surface area contributed by atoms with Gasteiger partial charge in [-0.1, -0.05) is 30.3 Å².